The van der Waals surface area contributed by atoms with Crippen LogP contribution in [0.5, 0.6) is 0 Å². The molecule has 1 aliphatic heterocycles. The van der Waals surface area contributed by atoms with E-state index in [1.807, 2.05) is 18.2 Å². The van der Waals surface area contributed by atoms with Crippen molar-refractivity contribution in [2.75, 3.05) is 19.6 Å². The molecule has 0 aliphatic carbocycles. The number of rotatable bonds is 6. The Morgan fingerprint density at radius 1 is 1.20 bits per heavy atom. The molecule has 2 aromatic rings. The third-order valence-electron chi connectivity index (χ3n) is 4.44. The zero-order chi connectivity index (χ0) is 16.2. The number of nitrogens with one attached hydrogen (secondary N) is 1. The maximum Gasteiger partial charge on any atom is 0.135 e. The number of likely N-dealkylation sites (tertiary alicyclic amines) is 1. The molecule has 1 unspecified atom stereocenters. The maximum atomic E-state index is 6.22. The van der Waals surface area contributed by atoms with Gasteiger partial charge in [-0.05, 0) is 56.3 Å². The Labute approximate surface area is 171 Å². The van der Waals surface area contributed by atoms with Gasteiger partial charge in [0, 0.05) is 23.2 Å². The van der Waals surface area contributed by atoms with Gasteiger partial charge in [0.05, 0.1) is 11.6 Å². The van der Waals surface area contributed by atoms with Gasteiger partial charge < -0.3 is 9.73 Å². The Bertz CT molecular complexity index is 662. The first-order valence-corrected chi connectivity index (χ1v) is 8.92. The molecule has 1 aliphatic rings. The van der Waals surface area contributed by atoms with Gasteiger partial charge in [-0.1, -0.05) is 30.1 Å². The third-order valence-corrected chi connectivity index (χ3v) is 5.00. The van der Waals surface area contributed by atoms with E-state index >= 15 is 0 Å². The molecule has 0 saturated carbocycles. The van der Waals surface area contributed by atoms with Crippen LogP contribution in [0.15, 0.2) is 34.7 Å². The first-order valence-electron chi connectivity index (χ1n) is 8.16. The first-order chi connectivity index (χ1) is 11.2. The molecule has 2 heterocycles. The van der Waals surface area contributed by atoms with E-state index in [1.165, 1.54) is 19.4 Å². The normalized spacial score (nSPS) is 17.2. The molecule has 1 aromatic heterocycles. The molecule has 140 valence electrons. The molecule has 1 saturated heterocycles. The molecule has 1 N–H and O–H groups in total. The molecule has 3 rings (SSSR count). The fraction of sp³-hybridized carbons (Fsp3) is 0.444. The smallest absolute Gasteiger partial charge is 0.135 e. The lowest BCUT2D eigenvalue weighted by Crippen LogP contribution is -2.37. The predicted octanol–water partition coefficient (Wildman–Crippen LogP) is 5.67. The van der Waals surface area contributed by atoms with Gasteiger partial charge in [0.2, 0.25) is 0 Å². The van der Waals surface area contributed by atoms with Gasteiger partial charge in [0.1, 0.15) is 11.5 Å². The second-order valence-corrected chi connectivity index (χ2v) is 6.79. The van der Waals surface area contributed by atoms with Gasteiger partial charge in [-0.2, -0.15) is 0 Å². The molecular formula is C18H24Cl4N2O. The standard InChI is InChI=1S/C18H22Cl2N2O.2ClH/c1-2-22-9-3-4-14(22)11-21-12-15-6-8-18(23-15)16-10-13(19)5-7-17(16)20;;/h5-8,10,14,21H,2-4,9,11-12H2,1H3;2*1H. The van der Waals surface area contributed by atoms with Gasteiger partial charge >= 0.3 is 0 Å². The summed E-state index contributed by atoms with van der Waals surface area (Å²) in [5, 5.41) is 4.80. The minimum absolute atomic E-state index is 0. The average molecular weight is 426 g/mol. The van der Waals surface area contributed by atoms with E-state index in [1.54, 1.807) is 12.1 Å². The third kappa shape index (κ3) is 5.78. The van der Waals surface area contributed by atoms with E-state index in [2.05, 4.69) is 17.1 Å². The lowest BCUT2D eigenvalue weighted by molar-refractivity contribution is 0.258. The highest BCUT2D eigenvalue weighted by Gasteiger charge is 2.22. The highest BCUT2D eigenvalue weighted by Crippen LogP contribution is 2.31. The summed E-state index contributed by atoms with van der Waals surface area (Å²) in [7, 11) is 0. The minimum atomic E-state index is 0. The topological polar surface area (TPSA) is 28.4 Å². The van der Waals surface area contributed by atoms with Crippen LogP contribution in [0, 0.1) is 0 Å². The first kappa shape index (κ1) is 22.6. The number of benzene rings is 1. The Morgan fingerprint density at radius 2 is 2.00 bits per heavy atom. The van der Waals surface area contributed by atoms with Crippen molar-refractivity contribution < 1.29 is 4.42 Å². The molecule has 3 nitrogen and oxygen atoms in total. The quantitative estimate of drug-likeness (QED) is 0.645. The van der Waals surface area contributed by atoms with Crippen LogP contribution in [0.1, 0.15) is 25.5 Å². The van der Waals surface area contributed by atoms with Crippen LogP contribution in [-0.2, 0) is 6.54 Å². The summed E-state index contributed by atoms with van der Waals surface area (Å²) >= 11 is 12.3. The van der Waals surface area contributed by atoms with E-state index in [0.717, 1.165) is 36.7 Å². The second-order valence-electron chi connectivity index (χ2n) is 5.95. The Hall–Kier alpha value is -0.420. The van der Waals surface area contributed by atoms with Gasteiger partial charge in [0.15, 0.2) is 0 Å². The number of hydrogen-bond donors (Lipinski definition) is 1. The van der Waals surface area contributed by atoms with Crippen molar-refractivity contribution >= 4 is 48.0 Å². The van der Waals surface area contributed by atoms with Crippen molar-refractivity contribution in [3.8, 4) is 11.3 Å². The molecular weight excluding hydrogens is 402 g/mol. The number of likely N-dealkylation sites (N-methyl/N-ethyl adjacent to an activating group) is 1. The van der Waals surface area contributed by atoms with E-state index in [4.69, 9.17) is 27.6 Å². The van der Waals surface area contributed by atoms with Crippen molar-refractivity contribution in [1.82, 2.24) is 10.2 Å². The highest BCUT2D eigenvalue weighted by atomic mass is 35.5. The summed E-state index contributed by atoms with van der Waals surface area (Å²) in [4.78, 5) is 2.53. The van der Waals surface area contributed by atoms with Crippen LogP contribution >= 0.6 is 48.0 Å². The second kappa shape index (κ2) is 10.7. The van der Waals surface area contributed by atoms with Crippen molar-refractivity contribution in [1.29, 1.82) is 0 Å². The molecule has 0 bridgehead atoms. The molecule has 1 aromatic carbocycles. The van der Waals surface area contributed by atoms with Crippen molar-refractivity contribution in [2.45, 2.75) is 32.4 Å². The van der Waals surface area contributed by atoms with E-state index in [0.29, 0.717) is 16.1 Å². The number of halogens is 4. The van der Waals surface area contributed by atoms with Crippen molar-refractivity contribution in [2.24, 2.45) is 0 Å². The fourth-order valence-corrected chi connectivity index (χ4v) is 3.59. The van der Waals surface area contributed by atoms with Crippen LogP contribution in [0.25, 0.3) is 11.3 Å². The van der Waals surface area contributed by atoms with E-state index < -0.39 is 0 Å². The summed E-state index contributed by atoms with van der Waals surface area (Å²) in [6, 6.07) is 9.99. The average Bonchev–Trinajstić information content (AvgIpc) is 3.19. The molecule has 1 atom stereocenters. The number of furan rings is 1. The van der Waals surface area contributed by atoms with E-state index in [-0.39, 0.29) is 24.8 Å². The number of nitrogens with zero attached hydrogens (tertiary/aromatic N) is 1. The fourth-order valence-electron chi connectivity index (χ4n) is 3.21. The van der Waals surface area contributed by atoms with Gasteiger partial charge in [-0.25, -0.2) is 0 Å². The van der Waals surface area contributed by atoms with Gasteiger partial charge in [-0.15, -0.1) is 24.8 Å². The van der Waals surface area contributed by atoms with Crippen molar-refractivity contribution in [3.63, 3.8) is 0 Å². The largest absolute Gasteiger partial charge is 0.460 e. The summed E-state index contributed by atoms with van der Waals surface area (Å²) in [6.07, 6.45) is 2.58. The monoisotopic (exact) mass is 424 g/mol. The molecule has 1 fully saturated rings. The summed E-state index contributed by atoms with van der Waals surface area (Å²) in [5.41, 5.74) is 0.832. The van der Waals surface area contributed by atoms with Crippen molar-refractivity contribution in [3.05, 3.63) is 46.1 Å². The lowest BCUT2D eigenvalue weighted by atomic mass is 10.2. The van der Waals surface area contributed by atoms with Crippen LogP contribution in [0.2, 0.25) is 10.0 Å². The van der Waals surface area contributed by atoms with Gasteiger partial charge in [0.25, 0.3) is 0 Å². The van der Waals surface area contributed by atoms with Crippen LogP contribution in [0.3, 0.4) is 0 Å². The zero-order valence-corrected chi connectivity index (χ0v) is 17.3. The molecule has 25 heavy (non-hydrogen) atoms. The number of hydrogen-bond acceptors (Lipinski definition) is 3. The van der Waals surface area contributed by atoms with Crippen LogP contribution in [-0.4, -0.2) is 30.6 Å². The molecule has 0 amide bonds. The Kier molecular flexibility index (Phi) is 9.65. The predicted molar refractivity (Wildman–Crippen MR) is 111 cm³/mol. The SMILES string of the molecule is CCN1CCCC1CNCc1ccc(-c2cc(Cl)ccc2Cl)o1.Cl.Cl. The highest BCUT2D eigenvalue weighted by molar-refractivity contribution is 6.35. The molecule has 7 heteroatoms. The maximum absolute atomic E-state index is 6.22. The molecule has 0 spiro atoms. The molecule has 0 radical (unpaired) electrons. The Balaban J connectivity index is 0.00000156. The van der Waals surface area contributed by atoms with Crippen LogP contribution in [0.4, 0.5) is 0 Å². The summed E-state index contributed by atoms with van der Waals surface area (Å²) in [5.74, 6) is 1.67. The zero-order valence-electron chi connectivity index (χ0n) is 14.1. The Morgan fingerprint density at radius 3 is 2.76 bits per heavy atom. The lowest BCUT2D eigenvalue weighted by Gasteiger charge is -2.22. The van der Waals surface area contributed by atoms with E-state index in [9.17, 15) is 0 Å². The minimum Gasteiger partial charge on any atom is -0.460 e. The van der Waals surface area contributed by atoms with Gasteiger partial charge in [-0.3, -0.25) is 4.90 Å². The van der Waals surface area contributed by atoms with Crippen LogP contribution < -0.4 is 5.32 Å². The summed E-state index contributed by atoms with van der Waals surface area (Å²) < 4.78 is 5.90. The summed E-state index contributed by atoms with van der Waals surface area (Å²) in [6.45, 7) is 6.31.